The number of aromatic nitrogens is 2. The second-order valence-electron chi connectivity index (χ2n) is 6.09. The Morgan fingerprint density at radius 3 is 2.65 bits per heavy atom. The molecule has 0 bridgehead atoms. The molecular formula is C18H26N4O. The third kappa shape index (κ3) is 4.93. The molecule has 1 amide bonds. The first-order valence-electron chi connectivity index (χ1n) is 8.06. The van der Waals surface area contributed by atoms with Crippen molar-refractivity contribution in [2.75, 3.05) is 0 Å². The molecule has 23 heavy (non-hydrogen) atoms. The number of nitrogens with zero attached hydrogens (tertiary/aromatic N) is 2. The van der Waals surface area contributed by atoms with Gasteiger partial charge in [-0.15, -0.1) is 0 Å². The number of rotatable bonds is 7. The minimum absolute atomic E-state index is 0.0388. The van der Waals surface area contributed by atoms with Crippen LogP contribution in [0.1, 0.15) is 42.3 Å². The predicted molar refractivity (Wildman–Crippen MR) is 92.0 cm³/mol. The number of hydrogen-bond donors (Lipinski definition) is 2. The molecule has 2 aromatic rings. The van der Waals surface area contributed by atoms with Crippen LogP contribution in [0.2, 0.25) is 0 Å². The highest BCUT2D eigenvalue weighted by Crippen LogP contribution is 2.14. The first kappa shape index (κ1) is 17.2. The van der Waals surface area contributed by atoms with Gasteiger partial charge in [0.05, 0.1) is 12.2 Å². The van der Waals surface area contributed by atoms with E-state index in [-0.39, 0.29) is 11.9 Å². The molecule has 2 rings (SSSR count). The van der Waals surface area contributed by atoms with E-state index in [1.54, 1.807) is 0 Å². The first-order valence-corrected chi connectivity index (χ1v) is 8.06. The maximum absolute atomic E-state index is 11.8. The quantitative estimate of drug-likeness (QED) is 0.823. The summed E-state index contributed by atoms with van der Waals surface area (Å²) >= 11 is 0. The minimum Gasteiger partial charge on any atom is -0.352 e. The lowest BCUT2D eigenvalue weighted by atomic mass is 10.1. The van der Waals surface area contributed by atoms with Crippen LogP contribution >= 0.6 is 0 Å². The lowest BCUT2D eigenvalue weighted by molar-refractivity contribution is -0.121. The molecule has 0 spiro atoms. The summed E-state index contributed by atoms with van der Waals surface area (Å²) in [5.41, 5.74) is 10.0. The van der Waals surface area contributed by atoms with E-state index in [1.807, 2.05) is 43.7 Å². The van der Waals surface area contributed by atoms with Crippen LogP contribution in [0.4, 0.5) is 0 Å². The molecule has 5 nitrogen and oxygen atoms in total. The maximum atomic E-state index is 11.8. The standard InChI is InChI=1S/C18H26N4O/c1-13(19)9-10-18(23)20-11-17-14(2)21-22(15(17)3)12-16-7-5-4-6-8-16/h4-8,13H,9-12,19H2,1-3H3,(H,20,23). The molecule has 1 aromatic heterocycles. The zero-order valence-electron chi connectivity index (χ0n) is 14.2. The van der Waals surface area contributed by atoms with Crippen molar-refractivity contribution in [1.82, 2.24) is 15.1 Å². The minimum atomic E-state index is 0.0388. The van der Waals surface area contributed by atoms with Gasteiger partial charge in [0, 0.05) is 30.3 Å². The lowest BCUT2D eigenvalue weighted by Crippen LogP contribution is -2.25. The molecule has 0 saturated carbocycles. The number of hydrogen-bond acceptors (Lipinski definition) is 3. The molecule has 3 N–H and O–H groups in total. The van der Waals surface area contributed by atoms with Crippen molar-refractivity contribution < 1.29 is 4.79 Å². The third-order valence-electron chi connectivity index (χ3n) is 4.00. The zero-order valence-corrected chi connectivity index (χ0v) is 14.2. The molecule has 124 valence electrons. The summed E-state index contributed by atoms with van der Waals surface area (Å²) in [5, 5.41) is 7.57. The Labute approximate surface area is 137 Å². The van der Waals surface area contributed by atoms with Crippen LogP contribution in [0, 0.1) is 13.8 Å². The topological polar surface area (TPSA) is 72.9 Å². The van der Waals surface area contributed by atoms with Crippen LogP contribution in [-0.2, 0) is 17.9 Å². The molecule has 0 aliphatic carbocycles. The van der Waals surface area contributed by atoms with Gasteiger partial charge in [-0.25, -0.2) is 0 Å². The Hall–Kier alpha value is -2.14. The monoisotopic (exact) mass is 314 g/mol. The van der Waals surface area contributed by atoms with E-state index < -0.39 is 0 Å². The summed E-state index contributed by atoms with van der Waals surface area (Å²) in [5.74, 6) is 0.0388. The van der Waals surface area contributed by atoms with Gasteiger partial charge in [0.25, 0.3) is 0 Å². The van der Waals surface area contributed by atoms with E-state index >= 15 is 0 Å². The van der Waals surface area contributed by atoms with Gasteiger partial charge in [-0.2, -0.15) is 5.10 Å². The molecule has 1 unspecified atom stereocenters. The van der Waals surface area contributed by atoms with Crippen LogP contribution < -0.4 is 11.1 Å². The van der Waals surface area contributed by atoms with Crippen molar-refractivity contribution in [3.63, 3.8) is 0 Å². The fourth-order valence-corrected chi connectivity index (χ4v) is 2.53. The van der Waals surface area contributed by atoms with Gasteiger partial charge in [-0.05, 0) is 32.8 Å². The summed E-state index contributed by atoms with van der Waals surface area (Å²) in [7, 11) is 0. The first-order chi connectivity index (χ1) is 11.0. The summed E-state index contributed by atoms with van der Waals surface area (Å²) < 4.78 is 1.99. The average molecular weight is 314 g/mol. The molecule has 0 aliphatic heterocycles. The number of nitrogens with two attached hydrogens (primary N) is 1. The highest BCUT2D eigenvalue weighted by molar-refractivity contribution is 5.75. The maximum Gasteiger partial charge on any atom is 0.220 e. The average Bonchev–Trinajstić information content (AvgIpc) is 2.78. The van der Waals surface area contributed by atoms with Crippen molar-refractivity contribution in [2.45, 2.75) is 52.7 Å². The highest BCUT2D eigenvalue weighted by Gasteiger charge is 2.13. The van der Waals surface area contributed by atoms with E-state index in [0.29, 0.717) is 19.4 Å². The summed E-state index contributed by atoms with van der Waals surface area (Å²) in [4.78, 5) is 11.8. The van der Waals surface area contributed by atoms with E-state index in [0.717, 1.165) is 23.5 Å². The Morgan fingerprint density at radius 1 is 1.30 bits per heavy atom. The zero-order chi connectivity index (χ0) is 16.8. The van der Waals surface area contributed by atoms with Crippen molar-refractivity contribution >= 4 is 5.91 Å². The van der Waals surface area contributed by atoms with Gasteiger partial charge in [0.1, 0.15) is 0 Å². The van der Waals surface area contributed by atoms with Crippen LogP contribution in [0.25, 0.3) is 0 Å². The highest BCUT2D eigenvalue weighted by atomic mass is 16.1. The van der Waals surface area contributed by atoms with Gasteiger partial charge in [-0.1, -0.05) is 30.3 Å². The second-order valence-corrected chi connectivity index (χ2v) is 6.09. The van der Waals surface area contributed by atoms with Gasteiger partial charge < -0.3 is 11.1 Å². The molecule has 1 aromatic carbocycles. The van der Waals surface area contributed by atoms with Crippen LogP contribution in [0.5, 0.6) is 0 Å². The van der Waals surface area contributed by atoms with Gasteiger partial charge in [0.2, 0.25) is 5.91 Å². The number of aryl methyl sites for hydroxylation is 1. The van der Waals surface area contributed by atoms with Crippen molar-refractivity contribution in [2.24, 2.45) is 5.73 Å². The summed E-state index contributed by atoms with van der Waals surface area (Å²) in [6, 6.07) is 10.3. The molecule has 0 saturated heterocycles. The fourth-order valence-electron chi connectivity index (χ4n) is 2.53. The third-order valence-corrected chi connectivity index (χ3v) is 4.00. The Kier molecular flexibility index (Phi) is 5.93. The van der Waals surface area contributed by atoms with Crippen LogP contribution in [0.15, 0.2) is 30.3 Å². The normalized spacial score (nSPS) is 12.2. The number of nitrogens with one attached hydrogen (secondary N) is 1. The SMILES string of the molecule is Cc1nn(Cc2ccccc2)c(C)c1CNC(=O)CCC(C)N. The van der Waals surface area contributed by atoms with Crippen molar-refractivity contribution in [3.05, 3.63) is 52.8 Å². The smallest absolute Gasteiger partial charge is 0.220 e. The summed E-state index contributed by atoms with van der Waals surface area (Å²) in [6.07, 6.45) is 1.17. The number of benzene rings is 1. The van der Waals surface area contributed by atoms with E-state index in [4.69, 9.17) is 5.73 Å². The van der Waals surface area contributed by atoms with E-state index in [9.17, 15) is 4.79 Å². The predicted octanol–water partition coefficient (Wildman–Crippen LogP) is 2.29. The van der Waals surface area contributed by atoms with E-state index in [2.05, 4.69) is 22.5 Å². The molecule has 1 heterocycles. The van der Waals surface area contributed by atoms with E-state index in [1.165, 1.54) is 5.56 Å². The lowest BCUT2D eigenvalue weighted by Gasteiger charge is -2.08. The molecule has 0 radical (unpaired) electrons. The fraction of sp³-hybridized carbons (Fsp3) is 0.444. The summed E-state index contributed by atoms with van der Waals surface area (Å²) in [6.45, 7) is 7.20. The van der Waals surface area contributed by atoms with Gasteiger partial charge >= 0.3 is 0 Å². The number of amides is 1. The van der Waals surface area contributed by atoms with Crippen LogP contribution in [0.3, 0.4) is 0 Å². The molecular weight excluding hydrogens is 288 g/mol. The molecule has 1 atom stereocenters. The second kappa shape index (κ2) is 7.92. The largest absolute Gasteiger partial charge is 0.352 e. The van der Waals surface area contributed by atoms with Crippen LogP contribution in [-0.4, -0.2) is 21.7 Å². The molecule has 0 fully saturated rings. The molecule has 0 aliphatic rings. The number of carbonyl (C=O) groups is 1. The van der Waals surface area contributed by atoms with Gasteiger partial charge in [0.15, 0.2) is 0 Å². The molecule has 5 heteroatoms. The van der Waals surface area contributed by atoms with Gasteiger partial charge in [-0.3, -0.25) is 9.48 Å². The van der Waals surface area contributed by atoms with Crippen molar-refractivity contribution in [1.29, 1.82) is 0 Å². The Balaban J connectivity index is 1.99. The Bertz CT molecular complexity index is 647. The number of carbonyl (C=O) groups excluding carboxylic acids is 1. The van der Waals surface area contributed by atoms with Crippen molar-refractivity contribution in [3.8, 4) is 0 Å². The Morgan fingerprint density at radius 2 is 2.00 bits per heavy atom.